The first kappa shape index (κ1) is 13.7. The Hall–Kier alpha value is -1.37. The van der Waals surface area contributed by atoms with Crippen molar-refractivity contribution in [2.75, 3.05) is 6.54 Å². The largest absolute Gasteiger partial charge is 0.282 e. The highest BCUT2D eigenvalue weighted by molar-refractivity contribution is 6.05. The van der Waals surface area contributed by atoms with Crippen LogP contribution in [-0.4, -0.2) is 23.3 Å². The second-order valence-corrected chi connectivity index (χ2v) is 5.21. The van der Waals surface area contributed by atoms with Crippen molar-refractivity contribution in [3.8, 4) is 6.07 Å². The van der Waals surface area contributed by atoms with E-state index in [9.17, 15) is 9.59 Å². The number of carbonyl (C=O) groups is 2. The number of imide groups is 1. The molecule has 1 aliphatic heterocycles. The predicted octanol–water partition coefficient (Wildman–Crippen LogP) is 2.10. The Kier molecular flexibility index (Phi) is 4.28. The maximum Gasteiger partial charge on any atom is 0.235 e. The van der Waals surface area contributed by atoms with Gasteiger partial charge in [-0.1, -0.05) is 13.8 Å². The van der Waals surface area contributed by atoms with Gasteiger partial charge in [-0.3, -0.25) is 14.5 Å². The van der Waals surface area contributed by atoms with Gasteiger partial charge in [-0.25, -0.2) is 0 Å². The van der Waals surface area contributed by atoms with Gasteiger partial charge >= 0.3 is 0 Å². The molecule has 0 aromatic heterocycles. The molecule has 17 heavy (non-hydrogen) atoms. The Balaban J connectivity index is 2.61. The van der Waals surface area contributed by atoms with E-state index in [0.717, 1.165) is 12.8 Å². The summed E-state index contributed by atoms with van der Waals surface area (Å²) >= 11 is 0. The van der Waals surface area contributed by atoms with E-state index in [-0.39, 0.29) is 17.7 Å². The lowest BCUT2D eigenvalue weighted by Gasteiger charge is -2.26. The van der Waals surface area contributed by atoms with Crippen LogP contribution in [0.1, 0.15) is 46.5 Å². The molecule has 0 saturated carbocycles. The van der Waals surface area contributed by atoms with E-state index in [1.807, 2.05) is 20.8 Å². The lowest BCUT2D eigenvalue weighted by atomic mass is 9.78. The molecule has 4 heteroatoms. The fraction of sp³-hybridized carbons (Fsp3) is 0.769. The van der Waals surface area contributed by atoms with Gasteiger partial charge in [0.15, 0.2) is 0 Å². The van der Waals surface area contributed by atoms with E-state index in [0.29, 0.717) is 19.4 Å². The van der Waals surface area contributed by atoms with Gasteiger partial charge in [0.2, 0.25) is 11.8 Å². The highest BCUT2D eigenvalue weighted by Crippen LogP contribution is 2.39. The van der Waals surface area contributed by atoms with Crippen LogP contribution in [0.3, 0.4) is 0 Å². The van der Waals surface area contributed by atoms with Gasteiger partial charge in [-0.15, -0.1) is 0 Å². The number of carbonyl (C=O) groups excluding carboxylic acids is 2. The number of nitrogens with zero attached hydrogens (tertiary/aromatic N) is 2. The van der Waals surface area contributed by atoms with Crippen LogP contribution in [0.15, 0.2) is 0 Å². The molecule has 1 heterocycles. The third-order valence-corrected chi connectivity index (χ3v) is 3.75. The summed E-state index contributed by atoms with van der Waals surface area (Å²) in [5.41, 5.74) is -0.535. The Morgan fingerprint density at radius 2 is 2.06 bits per heavy atom. The van der Waals surface area contributed by atoms with Gasteiger partial charge in [0.1, 0.15) is 0 Å². The van der Waals surface area contributed by atoms with Gasteiger partial charge in [0.25, 0.3) is 0 Å². The van der Waals surface area contributed by atoms with Crippen molar-refractivity contribution in [2.45, 2.75) is 46.5 Å². The number of likely N-dealkylation sites (tertiary alicyclic amines) is 1. The maximum absolute atomic E-state index is 12.2. The van der Waals surface area contributed by atoms with Crippen LogP contribution in [0.4, 0.5) is 0 Å². The number of unbranched alkanes of at least 4 members (excludes halogenated alkanes) is 2. The summed E-state index contributed by atoms with van der Waals surface area (Å²) in [6, 6.07) is 2.06. The fourth-order valence-electron chi connectivity index (χ4n) is 2.06. The average Bonchev–Trinajstić information content (AvgIpc) is 2.48. The zero-order valence-corrected chi connectivity index (χ0v) is 10.8. The van der Waals surface area contributed by atoms with Crippen LogP contribution in [0.2, 0.25) is 0 Å². The summed E-state index contributed by atoms with van der Waals surface area (Å²) in [4.78, 5) is 25.4. The lowest BCUT2D eigenvalue weighted by Crippen LogP contribution is -2.37. The Morgan fingerprint density at radius 1 is 1.41 bits per heavy atom. The molecule has 0 radical (unpaired) electrons. The third kappa shape index (κ3) is 2.66. The molecule has 1 saturated heterocycles. The van der Waals surface area contributed by atoms with Crippen molar-refractivity contribution in [3.63, 3.8) is 0 Å². The molecule has 1 atom stereocenters. The summed E-state index contributed by atoms with van der Waals surface area (Å²) in [6.45, 7) is 6.28. The Morgan fingerprint density at radius 3 is 2.53 bits per heavy atom. The molecule has 2 amide bonds. The summed E-state index contributed by atoms with van der Waals surface area (Å²) in [6.07, 6.45) is 2.27. The van der Waals surface area contributed by atoms with Crippen molar-refractivity contribution >= 4 is 11.8 Å². The summed E-state index contributed by atoms with van der Waals surface area (Å²) < 4.78 is 0. The van der Waals surface area contributed by atoms with Crippen LogP contribution in [0.5, 0.6) is 0 Å². The van der Waals surface area contributed by atoms with E-state index in [1.165, 1.54) is 4.90 Å². The van der Waals surface area contributed by atoms with E-state index in [2.05, 4.69) is 6.07 Å². The topological polar surface area (TPSA) is 61.2 Å². The molecule has 0 spiro atoms. The molecule has 1 fully saturated rings. The fourth-order valence-corrected chi connectivity index (χ4v) is 2.06. The normalized spacial score (nSPS) is 24.5. The number of rotatable bonds is 5. The third-order valence-electron chi connectivity index (χ3n) is 3.75. The first-order valence-electron chi connectivity index (χ1n) is 6.15. The second kappa shape index (κ2) is 5.31. The lowest BCUT2D eigenvalue weighted by molar-refractivity contribution is -0.142. The van der Waals surface area contributed by atoms with Crippen LogP contribution in [0, 0.1) is 22.7 Å². The van der Waals surface area contributed by atoms with E-state index < -0.39 is 5.41 Å². The van der Waals surface area contributed by atoms with Crippen molar-refractivity contribution in [2.24, 2.45) is 11.3 Å². The van der Waals surface area contributed by atoms with Crippen LogP contribution in [0.25, 0.3) is 0 Å². The van der Waals surface area contributed by atoms with Crippen LogP contribution >= 0.6 is 0 Å². The van der Waals surface area contributed by atoms with E-state index in [1.54, 1.807) is 0 Å². The molecule has 94 valence electrons. The number of hydrogen-bond acceptors (Lipinski definition) is 3. The first-order valence-corrected chi connectivity index (χ1v) is 6.15. The molecule has 0 N–H and O–H groups in total. The van der Waals surface area contributed by atoms with Gasteiger partial charge < -0.3 is 0 Å². The van der Waals surface area contributed by atoms with E-state index in [4.69, 9.17) is 5.26 Å². The van der Waals surface area contributed by atoms with Gasteiger partial charge in [-0.05, 0) is 25.7 Å². The smallest absolute Gasteiger partial charge is 0.235 e. The van der Waals surface area contributed by atoms with Crippen LogP contribution < -0.4 is 0 Å². The summed E-state index contributed by atoms with van der Waals surface area (Å²) in [5, 5.41) is 8.42. The van der Waals surface area contributed by atoms with Crippen molar-refractivity contribution in [3.05, 3.63) is 0 Å². The highest BCUT2D eigenvalue weighted by Gasteiger charge is 2.49. The highest BCUT2D eigenvalue weighted by atomic mass is 16.2. The Bertz CT molecular complexity index is 357. The Labute approximate surface area is 103 Å². The molecule has 1 aliphatic rings. The minimum absolute atomic E-state index is 0.0468. The van der Waals surface area contributed by atoms with Gasteiger partial charge in [-0.2, -0.15) is 5.26 Å². The molecule has 1 rings (SSSR count). The molecule has 1 unspecified atom stereocenters. The quantitative estimate of drug-likeness (QED) is 0.542. The average molecular weight is 236 g/mol. The first-order chi connectivity index (χ1) is 7.93. The minimum atomic E-state index is -0.535. The van der Waals surface area contributed by atoms with Crippen molar-refractivity contribution < 1.29 is 9.59 Å². The van der Waals surface area contributed by atoms with Crippen molar-refractivity contribution in [1.82, 2.24) is 4.90 Å². The van der Waals surface area contributed by atoms with Gasteiger partial charge in [0.05, 0.1) is 11.5 Å². The number of hydrogen-bond donors (Lipinski definition) is 0. The standard InChI is InChI=1S/C13H20N2O2/c1-10(2)13(3)9-11(16)15(12(13)17)8-6-4-5-7-14/h10H,4-6,8-9H2,1-3H3. The maximum atomic E-state index is 12.2. The van der Waals surface area contributed by atoms with Crippen LogP contribution in [-0.2, 0) is 9.59 Å². The molecule has 0 aromatic carbocycles. The number of nitriles is 1. The second-order valence-electron chi connectivity index (χ2n) is 5.21. The summed E-state index contributed by atoms with van der Waals surface area (Å²) in [7, 11) is 0. The zero-order valence-electron chi connectivity index (χ0n) is 10.8. The molecule has 0 bridgehead atoms. The minimum Gasteiger partial charge on any atom is -0.282 e. The summed E-state index contributed by atoms with van der Waals surface area (Å²) in [5.74, 6) is 0.0562. The molecular formula is C13H20N2O2. The number of amides is 2. The molecule has 4 nitrogen and oxygen atoms in total. The monoisotopic (exact) mass is 236 g/mol. The van der Waals surface area contributed by atoms with E-state index >= 15 is 0 Å². The molecule has 0 aliphatic carbocycles. The van der Waals surface area contributed by atoms with Gasteiger partial charge in [0, 0.05) is 19.4 Å². The molecular weight excluding hydrogens is 216 g/mol. The molecule has 0 aromatic rings. The zero-order chi connectivity index (χ0) is 13.1. The predicted molar refractivity (Wildman–Crippen MR) is 63.7 cm³/mol. The SMILES string of the molecule is CC(C)C1(C)CC(=O)N(CCCCC#N)C1=O. The van der Waals surface area contributed by atoms with Crippen molar-refractivity contribution in [1.29, 1.82) is 5.26 Å².